The van der Waals surface area contributed by atoms with Crippen molar-refractivity contribution >= 4 is 29.1 Å². The Kier molecular flexibility index (Phi) is 4.07. The van der Waals surface area contributed by atoms with Crippen LogP contribution in [0, 0.1) is 0 Å². The Labute approximate surface area is 195 Å². The van der Waals surface area contributed by atoms with Gasteiger partial charge in [0.15, 0.2) is 0 Å². The molecule has 1 aliphatic carbocycles. The second-order valence-electron chi connectivity index (χ2n) is 8.96. The average Bonchev–Trinajstić information content (AvgIpc) is 3.26. The van der Waals surface area contributed by atoms with E-state index in [2.05, 4.69) is 126 Å². The van der Waals surface area contributed by atoms with E-state index in [1.165, 1.54) is 55.7 Å². The summed E-state index contributed by atoms with van der Waals surface area (Å²) >= 11 is 0. The molecule has 154 valence electrons. The summed E-state index contributed by atoms with van der Waals surface area (Å²) in [6, 6.07) is 44.5. The zero-order valence-electron chi connectivity index (χ0n) is 18.3. The first-order valence-corrected chi connectivity index (χ1v) is 11.6. The van der Waals surface area contributed by atoms with Crippen LogP contribution in [0.3, 0.4) is 0 Å². The molecule has 0 aromatic heterocycles. The number of hydrogen-bond donors (Lipinski definition) is 0. The molecule has 0 saturated carbocycles. The van der Waals surface area contributed by atoms with Crippen molar-refractivity contribution in [3.8, 4) is 22.3 Å². The normalized spacial score (nSPS) is 13.2. The Balaban J connectivity index is 1.49. The summed E-state index contributed by atoms with van der Waals surface area (Å²) in [5.41, 5.74) is 13.4. The van der Waals surface area contributed by atoms with Gasteiger partial charge in [-0.3, -0.25) is 0 Å². The van der Waals surface area contributed by atoms with E-state index >= 15 is 0 Å². The van der Waals surface area contributed by atoms with Crippen molar-refractivity contribution in [2.24, 2.45) is 0 Å². The smallest absolute Gasteiger partial charge is 0.328 e. The minimum absolute atomic E-state index is 0.108. The zero-order valence-corrected chi connectivity index (χ0v) is 18.3. The van der Waals surface area contributed by atoms with Crippen LogP contribution in [-0.2, 0) is 6.42 Å². The van der Waals surface area contributed by atoms with Gasteiger partial charge in [-0.2, -0.15) is 0 Å². The van der Waals surface area contributed by atoms with Crippen LogP contribution in [0.4, 0.5) is 11.4 Å². The van der Waals surface area contributed by atoms with Crippen molar-refractivity contribution in [1.82, 2.24) is 0 Å². The molecule has 5 aromatic rings. The predicted octanol–water partition coefficient (Wildman–Crippen LogP) is 6.18. The fourth-order valence-corrected chi connectivity index (χ4v) is 5.69. The van der Waals surface area contributed by atoms with Gasteiger partial charge >= 0.3 is 6.85 Å². The third-order valence-electron chi connectivity index (χ3n) is 7.14. The Hall–Kier alpha value is -4.04. The van der Waals surface area contributed by atoms with Gasteiger partial charge in [0.05, 0.1) is 0 Å². The van der Waals surface area contributed by atoms with Crippen LogP contribution >= 0.6 is 0 Å². The lowest BCUT2D eigenvalue weighted by atomic mass is 9.45. The lowest BCUT2D eigenvalue weighted by Crippen LogP contribution is -2.57. The fraction of sp³-hybridized carbons (Fsp3) is 0.0323. The molecular formula is C31H22BN. The summed E-state index contributed by atoms with van der Waals surface area (Å²) < 4.78 is 0. The number of para-hydroxylation sites is 2. The zero-order chi connectivity index (χ0) is 21.8. The van der Waals surface area contributed by atoms with Gasteiger partial charge in [0.25, 0.3) is 0 Å². The molecule has 0 saturated heterocycles. The van der Waals surface area contributed by atoms with Gasteiger partial charge < -0.3 is 4.81 Å². The maximum atomic E-state index is 2.51. The van der Waals surface area contributed by atoms with Crippen molar-refractivity contribution in [3.05, 3.63) is 132 Å². The lowest BCUT2D eigenvalue weighted by molar-refractivity contribution is 1.26. The van der Waals surface area contributed by atoms with E-state index in [9.17, 15) is 0 Å². The molecule has 0 spiro atoms. The molecule has 1 nitrogen and oxygen atoms in total. The Morgan fingerprint density at radius 3 is 2.06 bits per heavy atom. The minimum Gasteiger partial charge on any atom is -0.376 e. The lowest BCUT2D eigenvalue weighted by Gasteiger charge is -2.39. The number of nitrogens with zero attached hydrogens (tertiary/aromatic N) is 1. The number of benzene rings is 5. The number of anilines is 2. The summed E-state index contributed by atoms with van der Waals surface area (Å²) in [7, 11) is 0. The van der Waals surface area contributed by atoms with Gasteiger partial charge in [0, 0.05) is 16.9 Å². The summed E-state index contributed by atoms with van der Waals surface area (Å²) in [4.78, 5) is 2.51. The topological polar surface area (TPSA) is 3.24 Å². The van der Waals surface area contributed by atoms with Crippen LogP contribution in [0.1, 0.15) is 11.1 Å². The molecule has 0 atom stereocenters. The van der Waals surface area contributed by atoms with Crippen LogP contribution in [-0.4, -0.2) is 6.85 Å². The van der Waals surface area contributed by atoms with Gasteiger partial charge in [0.2, 0.25) is 0 Å². The third-order valence-corrected chi connectivity index (χ3v) is 7.14. The second-order valence-corrected chi connectivity index (χ2v) is 8.96. The molecule has 0 N–H and O–H groups in total. The van der Waals surface area contributed by atoms with Crippen LogP contribution in [0.15, 0.2) is 121 Å². The summed E-state index contributed by atoms with van der Waals surface area (Å²) in [6.07, 6.45) is 1.03. The van der Waals surface area contributed by atoms with E-state index in [1.54, 1.807) is 0 Å². The molecule has 33 heavy (non-hydrogen) atoms. The van der Waals surface area contributed by atoms with E-state index in [0.29, 0.717) is 0 Å². The van der Waals surface area contributed by atoms with Crippen LogP contribution in [0.5, 0.6) is 0 Å². The molecule has 5 aromatic carbocycles. The Bertz CT molecular complexity index is 1500. The maximum Gasteiger partial charge on any atom is 0.328 e. The van der Waals surface area contributed by atoms with E-state index in [1.807, 2.05) is 0 Å². The molecular weight excluding hydrogens is 397 g/mol. The maximum absolute atomic E-state index is 2.51. The van der Waals surface area contributed by atoms with Gasteiger partial charge in [-0.1, -0.05) is 109 Å². The van der Waals surface area contributed by atoms with Crippen LogP contribution in [0.2, 0.25) is 0 Å². The highest BCUT2D eigenvalue weighted by Crippen LogP contribution is 2.40. The first kappa shape index (κ1) is 18.5. The molecule has 0 radical (unpaired) electrons. The monoisotopic (exact) mass is 419 g/mol. The molecule has 7 rings (SSSR count). The van der Waals surface area contributed by atoms with E-state index < -0.39 is 0 Å². The molecule has 0 fully saturated rings. The predicted molar refractivity (Wildman–Crippen MR) is 140 cm³/mol. The fourth-order valence-electron chi connectivity index (χ4n) is 5.69. The van der Waals surface area contributed by atoms with Gasteiger partial charge in [-0.25, -0.2) is 0 Å². The van der Waals surface area contributed by atoms with Crippen molar-refractivity contribution in [3.63, 3.8) is 0 Å². The van der Waals surface area contributed by atoms with Crippen molar-refractivity contribution < 1.29 is 0 Å². The number of rotatable bonds is 2. The highest BCUT2D eigenvalue weighted by Gasteiger charge is 2.37. The van der Waals surface area contributed by atoms with Crippen LogP contribution in [0.25, 0.3) is 22.3 Å². The number of hydrogen-bond acceptors (Lipinski definition) is 1. The standard InChI is InChI=1S/C31H22BN/c1-2-11-25(12-3-1)33-31-17-9-7-15-28(31)27-14-6-8-16-30(27)32(33)24-19-18-23-20-22-10-4-5-13-26(22)29(23)21-24/h1-19,21H,20H2. The van der Waals surface area contributed by atoms with E-state index in [4.69, 9.17) is 0 Å². The summed E-state index contributed by atoms with van der Waals surface area (Å²) in [6.45, 7) is 0.108. The van der Waals surface area contributed by atoms with Crippen molar-refractivity contribution in [2.75, 3.05) is 4.81 Å². The highest BCUT2D eigenvalue weighted by molar-refractivity contribution is 6.90. The molecule has 2 aliphatic rings. The van der Waals surface area contributed by atoms with Crippen molar-refractivity contribution in [2.45, 2.75) is 6.42 Å². The van der Waals surface area contributed by atoms with Crippen molar-refractivity contribution in [1.29, 1.82) is 0 Å². The molecule has 0 amide bonds. The summed E-state index contributed by atoms with van der Waals surface area (Å²) in [5, 5.41) is 0. The van der Waals surface area contributed by atoms with Gasteiger partial charge in [-0.05, 0) is 57.9 Å². The third kappa shape index (κ3) is 2.81. The second kappa shape index (κ2) is 7.25. The first-order chi connectivity index (χ1) is 16.4. The van der Waals surface area contributed by atoms with Gasteiger partial charge in [0.1, 0.15) is 0 Å². The first-order valence-electron chi connectivity index (χ1n) is 11.6. The number of fused-ring (bicyclic) bond motifs is 6. The minimum atomic E-state index is 0.108. The Morgan fingerprint density at radius 1 is 0.515 bits per heavy atom. The molecule has 1 aliphatic heterocycles. The molecule has 1 heterocycles. The van der Waals surface area contributed by atoms with E-state index in [-0.39, 0.29) is 6.85 Å². The SMILES string of the molecule is c1ccc(N2B(c3ccc4c(c3)-c3ccccc3C4)c3ccccc3-c3ccccc32)cc1. The van der Waals surface area contributed by atoms with E-state index in [0.717, 1.165) is 6.42 Å². The largest absolute Gasteiger partial charge is 0.376 e. The Morgan fingerprint density at radius 2 is 1.18 bits per heavy atom. The van der Waals surface area contributed by atoms with Crippen LogP contribution < -0.4 is 15.7 Å². The average molecular weight is 419 g/mol. The highest BCUT2D eigenvalue weighted by atomic mass is 15.1. The van der Waals surface area contributed by atoms with Gasteiger partial charge in [-0.15, -0.1) is 0 Å². The quantitative estimate of drug-likeness (QED) is 0.303. The molecule has 2 heteroatoms. The summed E-state index contributed by atoms with van der Waals surface area (Å²) in [5.74, 6) is 0. The molecule has 0 unspecified atom stereocenters. The molecule has 0 bridgehead atoms.